The molecule has 108 valence electrons. The molecule has 0 aliphatic carbocycles. The van der Waals surface area contributed by atoms with Gasteiger partial charge in [0.1, 0.15) is 17.9 Å². The molecular formula is C11H15N5O4. The summed E-state index contributed by atoms with van der Waals surface area (Å²) in [7, 11) is 0. The summed E-state index contributed by atoms with van der Waals surface area (Å²) in [5.41, 5.74) is 3.10. The number of hydrogen-bond acceptors (Lipinski definition) is 8. The average molecular weight is 281 g/mol. The van der Waals surface area contributed by atoms with Gasteiger partial charge in [-0.05, 0) is 12.1 Å². The van der Waals surface area contributed by atoms with Crippen LogP contribution in [-0.4, -0.2) is 60.0 Å². The van der Waals surface area contributed by atoms with E-state index in [4.69, 9.17) is 10.3 Å². The number of aliphatic hydroxyl groups is 3. The van der Waals surface area contributed by atoms with Crippen LogP contribution in [0.5, 0.6) is 0 Å². The minimum absolute atomic E-state index is 0.234. The maximum absolute atomic E-state index is 10.1. The van der Waals surface area contributed by atoms with Gasteiger partial charge in [-0.15, -0.1) is 0 Å². The first-order valence-electron chi connectivity index (χ1n) is 6.13. The minimum atomic E-state index is -1.06. The second kappa shape index (κ2) is 4.96. The maximum Gasteiger partial charge on any atom is 0.177 e. The van der Waals surface area contributed by atoms with Crippen LogP contribution in [0.3, 0.4) is 0 Å². The number of nitrogens with one attached hydrogen (secondary N) is 2. The van der Waals surface area contributed by atoms with E-state index in [1.54, 1.807) is 12.1 Å². The van der Waals surface area contributed by atoms with E-state index in [1.165, 1.54) is 10.8 Å². The van der Waals surface area contributed by atoms with Gasteiger partial charge in [-0.25, -0.2) is 9.50 Å². The SMILES string of the molecule is OC[C@H]1N[C@@H](c2ccc3c(NO)ncnn23)[C@H](O)[C@@H]1O. The molecule has 6 N–H and O–H groups in total. The molecule has 9 nitrogen and oxygen atoms in total. The lowest BCUT2D eigenvalue weighted by Gasteiger charge is -2.15. The highest BCUT2D eigenvalue weighted by atomic mass is 16.5. The van der Waals surface area contributed by atoms with Crippen molar-refractivity contribution in [3.8, 4) is 0 Å². The van der Waals surface area contributed by atoms with Gasteiger partial charge in [0.25, 0.3) is 0 Å². The highest BCUT2D eigenvalue weighted by molar-refractivity contribution is 5.67. The van der Waals surface area contributed by atoms with Gasteiger partial charge >= 0.3 is 0 Å². The Morgan fingerprint density at radius 1 is 1.30 bits per heavy atom. The molecule has 3 rings (SSSR count). The Kier molecular flexibility index (Phi) is 3.28. The van der Waals surface area contributed by atoms with Crippen LogP contribution in [0.4, 0.5) is 5.82 Å². The maximum atomic E-state index is 10.1. The molecule has 4 atom stereocenters. The molecule has 1 saturated heterocycles. The molecule has 3 heterocycles. The van der Waals surface area contributed by atoms with Gasteiger partial charge in [-0.2, -0.15) is 5.10 Å². The molecule has 0 bridgehead atoms. The molecule has 1 aliphatic rings. The van der Waals surface area contributed by atoms with Crippen molar-refractivity contribution < 1.29 is 20.5 Å². The van der Waals surface area contributed by atoms with Crippen molar-refractivity contribution in [3.63, 3.8) is 0 Å². The lowest BCUT2D eigenvalue weighted by molar-refractivity contribution is 0.0189. The van der Waals surface area contributed by atoms with Crippen molar-refractivity contribution in [3.05, 3.63) is 24.2 Å². The summed E-state index contributed by atoms with van der Waals surface area (Å²) in [5, 5.41) is 45.1. The zero-order valence-electron chi connectivity index (χ0n) is 10.4. The van der Waals surface area contributed by atoms with Crippen LogP contribution in [-0.2, 0) is 0 Å². The third-order valence-electron chi connectivity index (χ3n) is 3.60. The van der Waals surface area contributed by atoms with Crippen LogP contribution in [0.2, 0.25) is 0 Å². The Morgan fingerprint density at radius 3 is 2.75 bits per heavy atom. The molecule has 0 unspecified atom stereocenters. The highest BCUT2D eigenvalue weighted by Gasteiger charge is 2.42. The number of nitrogens with zero attached hydrogens (tertiary/aromatic N) is 3. The molecule has 1 fully saturated rings. The average Bonchev–Trinajstić information content (AvgIpc) is 3.01. The smallest absolute Gasteiger partial charge is 0.177 e. The molecule has 0 aromatic carbocycles. The summed E-state index contributed by atoms with van der Waals surface area (Å²) in [6, 6.07) is 2.21. The van der Waals surface area contributed by atoms with E-state index in [2.05, 4.69) is 15.4 Å². The number of fused-ring (bicyclic) bond motifs is 1. The van der Waals surface area contributed by atoms with E-state index >= 15 is 0 Å². The molecule has 9 heteroatoms. The number of rotatable bonds is 3. The van der Waals surface area contributed by atoms with Gasteiger partial charge < -0.3 is 15.3 Å². The number of aliphatic hydroxyl groups excluding tert-OH is 3. The van der Waals surface area contributed by atoms with E-state index in [9.17, 15) is 10.2 Å². The van der Waals surface area contributed by atoms with Crippen molar-refractivity contribution in [1.82, 2.24) is 19.9 Å². The Labute approximate surface area is 113 Å². The van der Waals surface area contributed by atoms with E-state index < -0.39 is 24.3 Å². The van der Waals surface area contributed by atoms with Gasteiger partial charge in [0.2, 0.25) is 0 Å². The van der Waals surface area contributed by atoms with Gasteiger partial charge in [0.05, 0.1) is 30.5 Å². The lowest BCUT2D eigenvalue weighted by atomic mass is 10.1. The number of aromatic nitrogens is 3. The summed E-state index contributed by atoms with van der Waals surface area (Å²) in [6.45, 7) is -0.281. The first-order chi connectivity index (χ1) is 9.67. The monoisotopic (exact) mass is 281 g/mol. The van der Waals surface area contributed by atoms with Crippen LogP contribution in [0.25, 0.3) is 5.52 Å². The van der Waals surface area contributed by atoms with Gasteiger partial charge in [-0.1, -0.05) is 0 Å². The summed E-state index contributed by atoms with van der Waals surface area (Å²) in [6.07, 6.45) is -0.866. The Morgan fingerprint density at radius 2 is 2.10 bits per heavy atom. The Hall–Kier alpha value is -1.78. The number of anilines is 1. The molecule has 2 aromatic rings. The highest BCUT2D eigenvalue weighted by Crippen LogP contribution is 2.29. The van der Waals surface area contributed by atoms with Crippen LogP contribution in [0, 0.1) is 0 Å². The molecule has 0 spiro atoms. The fourth-order valence-corrected chi connectivity index (χ4v) is 2.56. The van der Waals surface area contributed by atoms with Crippen LogP contribution in [0.15, 0.2) is 18.5 Å². The van der Waals surface area contributed by atoms with E-state index in [0.29, 0.717) is 11.2 Å². The largest absolute Gasteiger partial charge is 0.395 e. The topological polar surface area (TPSA) is 135 Å². The zero-order valence-corrected chi connectivity index (χ0v) is 10.4. The van der Waals surface area contributed by atoms with Gasteiger partial charge in [0.15, 0.2) is 5.82 Å². The predicted octanol–water partition coefficient (Wildman–Crippen LogP) is -1.74. The quantitative estimate of drug-likeness (QED) is 0.365. The molecule has 20 heavy (non-hydrogen) atoms. The molecule has 2 aromatic heterocycles. The second-order valence-electron chi connectivity index (χ2n) is 4.69. The van der Waals surface area contributed by atoms with Crippen molar-refractivity contribution >= 4 is 11.3 Å². The van der Waals surface area contributed by atoms with Crippen LogP contribution in [0.1, 0.15) is 11.7 Å². The second-order valence-corrected chi connectivity index (χ2v) is 4.69. The van der Waals surface area contributed by atoms with Crippen molar-refractivity contribution in [2.24, 2.45) is 0 Å². The van der Waals surface area contributed by atoms with Crippen molar-refractivity contribution in [2.45, 2.75) is 24.3 Å². The molecule has 0 amide bonds. The Balaban J connectivity index is 2.03. The Bertz CT molecular complexity index is 618. The summed E-state index contributed by atoms with van der Waals surface area (Å²) in [5.74, 6) is 0.234. The van der Waals surface area contributed by atoms with Crippen molar-refractivity contribution in [1.29, 1.82) is 0 Å². The van der Waals surface area contributed by atoms with Crippen LogP contribution < -0.4 is 10.8 Å². The fraction of sp³-hybridized carbons (Fsp3) is 0.455. The lowest BCUT2D eigenvalue weighted by Crippen LogP contribution is -2.35. The van der Waals surface area contributed by atoms with E-state index in [1.807, 2.05) is 5.48 Å². The molecule has 1 aliphatic heterocycles. The third-order valence-corrected chi connectivity index (χ3v) is 3.60. The zero-order chi connectivity index (χ0) is 14.3. The normalized spacial score (nSPS) is 30.0. The summed E-state index contributed by atoms with van der Waals surface area (Å²) < 4.78 is 1.50. The molecule has 0 radical (unpaired) electrons. The fourth-order valence-electron chi connectivity index (χ4n) is 2.56. The third kappa shape index (κ3) is 1.84. The first kappa shape index (κ1) is 13.2. The standard InChI is InChI=1S/C11H15N5O4/c17-3-5-9(18)10(19)8(14-5)6-1-2-7-11(15-20)12-4-13-16(6)7/h1-2,4-5,8-10,14,17-20H,3H2,(H,12,13,15)/t5-,8+,9-,10+/m1/s1. The number of hydrogen-bond donors (Lipinski definition) is 6. The summed E-state index contributed by atoms with van der Waals surface area (Å²) in [4.78, 5) is 3.87. The van der Waals surface area contributed by atoms with E-state index in [0.717, 1.165) is 0 Å². The van der Waals surface area contributed by atoms with Crippen molar-refractivity contribution in [2.75, 3.05) is 12.1 Å². The van der Waals surface area contributed by atoms with Gasteiger partial charge in [0, 0.05) is 0 Å². The van der Waals surface area contributed by atoms with E-state index in [-0.39, 0.29) is 12.4 Å². The first-order valence-corrected chi connectivity index (χ1v) is 6.13. The minimum Gasteiger partial charge on any atom is -0.395 e. The van der Waals surface area contributed by atoms with Crippen LogP contribution >= 0.6 is 0 Å². The molecular weight excluding hydrogens is 266 g/mol. The molecule has 0 saturated carbocycles. The van der Waals surface area contributed by atoms with Gasteiger partial charge in [-0.3, -0.25) is 16.0 Å². The summed E-state index contributed by atoms with van der Waals surface area (Å²) >= 11 is 0. The predicted molar refractivity (Wildman–Crippen MR) is 67.2 cm³/mol.